The summed E-state index contributed by atoms with van der Waals surface area (Å²) in [6.45, 7) is 6.41. The summed E-state index contributed by atoms with van der Waals surface area (Å²) >= 11 is 0. The molecule has 0 atom stereocenters. The SMILES string of the molecule is C[Si](C)(C)C#Cc1ccc(C(=O)ONC(=O)c2cc(F)c(-c3ccncc3)nn2)cc1. The van der Waals surface area contributed by atoms with Crippen molar-refractivity contribution in [2.24, 2.45) is 0 Å². The highest BCUT2D eigenvalue weighted by atomic mass is 28.3. The lowest BCUT2D eigenvalue weighted by Gasteiger charge is -2.07. The van der Waals surface area contributed by atoms with Crippen molar-refractivity contribution in [1.82, 2.24) is 20.7 Å². The molecule has 0 bridgehead atoms. The number of aromatic nitrogens is 3. The fourth-order valence-corrected chi connectivity index (χ4v) is 2.86. The quantitative estimate of drug-likeness (QED) is 0.386. The molecule has 0 aliphatic heterocycles. The number of carbonyl (C=O) groups excluding carboxylic acids is 2. The zero-order chi connectivity index (χ0) is 22.4. The Labute approximate surface area is 179 Å². The van der Waals surface area contributed by atoms with E-state index in [2.05, 4.69) is 46.3 Å². The van der Waals surface area contributed by atoms with Crippen LogP contribution in [0, 0.1) is 17.3 Å². The number of halogens is 1. The second-order valence-corrected chi connectivity index (χ2v) is 12.3. The van der Waals surface area contributed by atoms with Crippen molar-refractivity contribution >= 4 is 20.0 Å². The standard InChI is InChI=1S/C22H19FN4O3Si/c1-31(2,3)13-10-15-4-6-17(7-5-15)22(29)30-27-21(28)19-14-18(23)20(26-25-19)16-8-11-24-12-9-16/h4-9,11-12,14H,1-3H3,(H,27,28). The molecule has 0 fully saturated rings. The van der Waals surface area contributed by atoms with Crippen molar-refractivity contribution in [2.75, 3.05) is 0 Å². The van der Waals surface area contributed by atoms with E-state index in [1.54, 1.807) is 36.4 Å². The van der Waals surface area contributed by atoms with Crippen LogP contribution in [0.1, 0.15) is 26.4 Å². The smallest absolute Gasteiger partial charge is 0.335 e. The summed E-state index contributed by atoms with van der Waals surface area (Å²) in [5.41, 5.74) is 6.31. The number of benzene rings is 1. The van der Waals surface area contributed by atoms with Gasteiger partial charge in [0.25, 0.3) is 0 Å². The van der Waals surface area contributed by atoms with E-state index in [1.165, 1.54) is 12.4 Å². The van der Waals surface area contributed by atoms with E-state index >= 15 is 0 Å². The first-order chi connectivity index (χ1) is 14.7. The van der Waals surface area contributed by atoms with Crippen LogP contribution in [0.25, 0.3) is 11.3 Å². The molecule has 3 aromatic rings. The fraction of sp³-hybridized carbons (Fsp3) is 0.136. The molecule has 31 heavy (non-hydrogen) atoms. The number of nitrogens with one attached hydrogen (secondary N) is 1. The number of carbonyl (C=O) groups is 2. The van der Waals surface area contributed by atoms with Crippen LogP contribution in [-0.4, -0.2) is 35.1 Å². The fourth-order valence-electron chi connectivity index (χ4n) is 2.34. The summed E-state index contributed by atoms with van der Waals surface area (Å²) in [4.78, 5) is 32.9. The largest absolute Gasteiger partial charge is 0.362 e. The number of pyridine rings is 1. The third kappa shape index (κ3) is 6.04. The Morgan fingerprint density at radius 1 is 1.03 bits per heavy atom. The van der Waals surface area contributed by atoms with Crippen LogP contribution in [-0.2, 0) is 4.84 Å². The minimum absolute atomic E-state index is 0.0201. The van der Waals surface area contributed by atoms with Gasteiger partial charge in [-0.3, -0.25) is 9.78 Å². The van der Waals surface area contributed by atoms with Crippen molar-refractivity contribution in [3.63, 3.8) is 0 Å². The van der Waals surface area contributed by atoms with Crippen molar-refractivity contribution in [2.45, 2.75) is 19.6 Å². The van der Waals surface area contributed by atoms with Gasteiger partial charge < -0.3 is 4.84 Å². The number of hydrogen-bond donors (Lipinski definition) is 1. The maximum absolute atomic E-state index is 14.3. The van der Waals surface area contributed by atoms with Gasteiger partial charge in [0.15, 0.2) is 11.5 Å². The normalized spacial score (nSPS) is 10.6. The lowest BCUT2D eigenvalue weighted by molar-refractivity contribution is 0.0227. The van der Waals surface area contributed by atoms with Crippen molar-refractivity contribution in [1.29, 1.82) is 0 Å². The Kier molecular flexibility index (Phi) is 6.52. The molecule has 3 rings (SSSR count). The maximum Gasteiger partial charge on any atom is 0.362 e. The zero-order valence-corrected chi connectivity index (χ0v) is 18.1. The first-order valence-corrected chi connectivity index (χ1v) is 12.8. The molecule has 156 valence electrons. The predicted octanol–water partition coefficient (Wildman–Crippen LogP) is 3.41. The predicted molar refractivity (Wildman–Crippen MR) is 115 cm³/mol. The Balaban J connectivity index is 1.62. The Morgan fingerprint density at radius 2 is 1.71 bits per heavy atom. The van der Waals surface area contributed by atoms with Gasteiger partial charge in [-0.2, -0.15) is 5.48 Å². The zero-order valence-electron chi connectivity index (χ0n) is 17.1. The Bertz CT molecular complexity index is 1170. The average molecular weight is 435 g/mol. The Hall–Kier alpha value is -3.90. The highest BCUT2D eigenvalue weighted by Gasteiger charge is 2.16. The molecular weight excluding hydrogens is 415 g/mol. The van der Waals surface area contributed by atoms with E-state index in [1.807, 2.05) is 5.48 Å². The summed E-state index contributed by atoms with van der Waals surface area (Å²) in [7, 11) is -1.50. The van der Waals surface area contributed by atoms with Crippen molar-refractivity contribution in [3.8, 4) is 22.7 Å². The van der Waals surface area contributed by atoms with Gasteiger partial charge in [-0.1, -0.05) is 25.6 Å². The molecule has 0 aliphatic carbocycles. The summed E-state index contributed by atoms with van der Waals surface area (Å²) in [6, 6.07) is 10.5. The lowest BCUT2D eigenvalue weighted by atomic mass is 10.1. The summed E-state index contributed by atoms with van der Waals surface area (Å²) in [5, 5.41) is 7.43. The van der Waals surface area contributed by atoms with E-state index in [0.29, 0.717) is 5.56 Å². The molecule has 2 heterocycles. The third-order valence-corrected chi connectivity index (χ3v) is 4.75. The van der Waals surface area contributed by atoms with Crippen LogP contribution in [0.5, 0.6) is 0 Å². The second kappa shape index (κ2) is 9.28. The van der Waals surface area contributed by atoms with Crippen LogP contribution >= 0.6 is 0 Å². The average Bonchev–Trinajstić information content (AvgIpc) is 2.76. The maximum atomic E-state index is 14.3. The second-order valence-electron chi connectivity index (χ2n) is 7.56. The van der Waals surface area contributed by atoms with E-state index < -0.39 is 25.8 Å². The topological polar surface area (TPSA) is 94.1 Å². The number of amides is 1. The third-order valence-electron chi connectivity index (χ3n) is 3.87. The van der Waals surface area contributed by atoms with Gasteiger partial charge in [-0.05, 0) is 36.4 Å². The van der Waals surface area contributed by atoms with Crippen molar-refractivity contribution in [3.05, 3.63) is 77.5 Å². The molecule has 1 amide bonds. The number of nitrogens with zero attached hydrogens (tertiary/aromatic N) is 3. The highest BCUT2D eigenvalue weighted by molar-refractivity contribution is 6.83. The first-order valence-electron chi connectivity index (χ1n) is 9.31. The van der Waals surface area contributed by atoms with Crippen LogP contribution < -0.4 is 5.48 Å². The molecule has 0 unspecified atom stereocenters. The lowest BCUT2D eigenvalue weighted by Crippen LogP contribution is -2.28. The van der Waals surface area contributed by atoms with Gasteiger partial charge in [0.05, 0.1) is 5.56 Å². The monoisotopic (exact) mass is 434 g/mol. The molecule has 1 N–H and O–H groups in total. The van der Waals surface area contributed by atoms with Crippen LogP contribution in [0.3, 0.4) is 0 Å². The van der Waals surface area contributed by atoms with E-state index in [4.69, 9.17) is 4.84 Å². The van der Waals surface area contributed by atoms with Gasteiger partial charge in [0.1, 0.15) is 13.8 Å². The van der Waals surface area contributed by atoms with Gasteiger partial charge in [-0.25, -0.2) is 9.18 Å². The molecule has 0 saturated heterocycles. The molecule has 7 nitrogen and oxygen atoms in total. The summed E-state index contributed by atoms with van der Waals surface area (Å²) in [6.07, 6.45) is 2.98. The van der Waals surface area contributed by atoms with Crippen LogP contribution in [0.15, 0.2) is 54.9 Å². The first kappa shape index (κ1) is 21.8. The molecule has 1 aromatic carbocycles. The molecule has 0 saturated carbocycles. The minimum Gasteiger partial charge on any atom is -0.335 e. The van der Waals surface area contributed by atoms with E-state index in [0.717, 1.165) is 11.6 Å². The van der Waals surface area contributed by atoms with Crippen LogP contribution in [0.4, 0.5) is 4.39 Å². The van der Waals surface area contributed by atoms with Crippen LogP contribution in [0.2, 0.25) is 19.6 Å². The molecule has 0 aliphatic rings. The molecule has 0 spiro atoms. The van der Waals surface area contributed by atoms with Crippen molar-refractivity contribution < 1.29 is 18.8 Å². The summed E-state index contributed by atoms with van der Waals surface area (Å²) < 4.78 is 14.3. The Morgan fingerprint density at radius 3 is 2.32 bits per heavy atom. The molecular formula is C22H19FN4O3Si. The molecule has 2 aromatic heterocycles. The van der Waals surface area contributed by atoms with Gasteiger partial charge in [0, 0.05) is 29.6 Å². The van der Waals surface area contributed by atoms with Gasteiger partial charge in [-0.15, -0.1) is 15.7 Å². The molecule has 9 heteroatoms. The minimum atomic E-state index is -1.50. The van der Waals surface area contributed by atoms with E-state index in [-0.39, 0.29) is 17.0 Å². The van der Waals surface area contributed by atoms with E-state index in [9.17, 15) is 14.0 Å². The highest BCUT2D eigenvalue weighted by Crippen LogP contribution is 2.18. The van der Waals surface area contributed by atoms with Gasteiger partial charge >= 0.3 is 11.9 Å². The summed E-state index contributed by atoms with van der Waals surface area (Å²) in [5.74, 6) is 0.655. The number of hydroxylamine groups is 1. The molecule has 0 radical (unpaired) electrons. The number of hydrogen-bond acceptors (Lipinski definition) is 6. The number of rotatable bonds is 3. The van der Waals surface area contributed by atoms with Gasteiger partial charge in [0.2, 0.25) is 0 Å².